The minimum atomic E-state index is 0.177. The van der Waals surface area contributed by atoms with E-state index in [4.69, 9.17) is 16.7 Å². The number of benzene rings is 1. The van der Waals surface area contributed by atoms with E-state index in [1.807, 2.05) is 12.1 Å². The van der Waals surface area contributed by atoms with Crippen LogP contribution >= 0.6 is 11.6 Å². The summed E-state index contributed by atoms with van der Waals surface area (Å²) in [5.74, 6) is 1.71. The molecule has 0 spiro atoms. The van der Waals surface area contributed by atoms with E-state index >= 15 is 0 Å². The molecule has 1 aromatic heterocycles. The average Bonchev–Trinajstić information content (AvgIpc) is 2.55. The minimum Gasteiger partial charge on any atom is -0.396 e. The van der Waals surface area contributed by atoms with E-state index in [-0.39, 0.29) is 6.61 Å². The second-order valence-corrected chi connectivity index (χ2v) is 5.79. The minimum absolute atomic E-state index is 0.177. The van der Waals surface area contributed by atoms with E-state index in [1.165, 1.54) is 11.1 Å². The molecule has 0 unspecified atom stereocenters. The van der Waals surface area contributed by atoms with Gasteiger partial charge in [0.05, 0.1) is 0 Å². The molecule has 1 aliphatic rings. The van der Waals surface area contributed by atoms with Crippen molar-refractivity contribution in [2.45, 2.75) is 19.4 Å². The van der Waals surface area contributed by atoms with Crippen LogP contribution in [0.15, 0.2) is 30.6 Å². The van der Waals surface area contributed by atoms with Gasteiger partial charge >= 0.3 is 0 Å². The molecule has 6 heteroatoms. The molecule has 1 aromatic carbocycles. The predicted octanol–water partition coefficient (Wildman–Crippen LogP) is 2.49. The van der Waals surface area contributed by atoms with Gasteiger partial charge in [-0.25, -0.2) is 9.97 Å². The Morgan fingerprint density at radius 3 is 3.00 bits per heavy atom. The van der Waals surface area contributed by atoms with E-state index in [0.717, 1.165) is 36.2 Å². The molecule has 2 N–H and O–H groups in total. The zero-order chi connectivity index (χ0) is 15.4. The molecule has 0 saturated carbocycles. The molecule has 0 atom stereocenters. The van der Waals surface area contributed by atoms with Crippen molar-refractivity contribution in [2.75, 3.05) is 29.9 Å². The lowest BCUT2D eigenvalue weighted by atomic mass is 10.00. The molecule has 3 rings (SSSR count). The fourth-order valence-corrected chi connectivity index (χ4v) is 2.82. The van der Waals surface area contributed by atoms with E-state index in [0.29, 0.717) is 13.0 Å². The van der Waals surface area contributed by atoms with E-state index in [2.05, 4.69) is 32.3 Å². The van der Waals surface area contributed by atoms with Crippen LogP contribution in [-0.4, -0.2) is 34.8 Å². The fourth-order valence-electron chi connectivity index (χ4n) is 2.63. The summed E-state index contributed by atoms with van der Waals surface area (Å²) >= 11 is 6.05. The van der Waals surface area contributed by atoms with Gasteiger partial charge in [-0.15, -0.1) is 0 Å². The number of hydrogen-bond donors (Lipinski definition) is 2. The van der Waals surface area contributed by atoms with Gasteiger partial charge in [0.2, 0.25) is 0 Å². The van der Waals surface area contributed by atoms with Crippen LogP contribution in [0.4, 0.5) is 11.6 Å². The van der Waals surface area contributed by atoms with Crippen LogP contribution in [0.5, 0.6) is 0 Å². The Morgan fingerprint density at radius 2 is 2.14 bits per heavy atom. The van der Waals surface area contributed by atoms with Gasteiger partial charge < -0.3 is 15.3 Å². The number of fused-ring (bicyclic) bond motifs is 1. The first-order valence-corrected chi connectivity index (χ1v) is 7.83. The third kappa shape index (κ3) is 3.48. The molecule has 0 amide bonds. The predicted molar refractivity (Wildman–Crippen MR) is 88.4 cm³/mol. The van der Waals surface area contributed by atoms with Crippen molar-refractivity contribution < 1.29 is 5.11 Å². The van der Waals surface area contributed by atoms with Crippen molar-refractivity contribution in [1.82, 2.24) is 9.97 Å². The molecule has 5 nitrogen and oxygen atoms in total. The zero-order valence-corrected chi connectivity index (χ0v) is 13.1. The van der Waals surface area contributed by atoms with Crippen LogP contribution in [0.25, 0.3) is 0 Å². The maximum atomic E-state index is 8.82. The quantitative estimate of drug-likeness (QED) is 0.829. The lowest BCUT2D eigenvalue weighted by Crippen LogP contribution is -2.31. The van der Waals surface area contributed by atoms with Gasteiger partial charge in [-0.2, -0.15) is 0 Å². The van der Waals surface area contributed by atoms with Crippen molar-refractivity contribution in [3.05, 3.63) is 46.7 Å². The van der Waals surface area contributed by atoms with E-state index in [1.54, 1.807) is 6.33 Å². The van der Waals surface area contributed by atoms with E-state index < -0.39 is 0 Å². The van der Waals surface area contributed by atoms with Crippen molar-refractivity contribution in [3.8, 4) is 0 Å². The maximum Gasteiger partial charge on any atom is 0.134 e. The number of rotatable bonds is 5. The highest BCUT2D eigenvalue weighted by Crippen LogP contribution is 2.26. The summed E-state index contributed by atoms with van der Waals surface area (Å²) in [4.78, 5) is 10.8. The molecule has 116 valence electrons. The van der Waals surface area contributed by atoms with Gasteiger partial charge in [-0.1, -0.05) is 17.7 Å². The highest BCUT2D eigenvalue weighted by atomic mass is 35.5. The average molecular weight is 319 g/mol. The van der Waals surface area contributed by atoms with Crippen LogP contribution in [0.1, 0.15) is 17.5 Å². The Hall–Kier alpha value is -1.85. The van der Waals surface area contributed by atoms with Gasteiger partial charge in [-0.05, 0) is 36.1 Å². The van der Waals surface area contributed by atoms with Gasteiger partial charge in [0.1, 0.15) is 18.0 Å². The Labute approximate surface area is 135 Å². The van der Waals surface area contributed by atoms with Crippen molar-refractivity contribution in [2.24, 2.45) is 0 Å². The van der Waals surface area contributed by atoms with Gasteiger partial charge in [-0.3, -0.25) is 0 Å². The van der Waals surface area contributed by atoms with Gasteiger partial charge in [0, 0.05) is 37.3 Å². The topological polar surface area (TPSA) is 61.3 Å². The van der Waals surface area contributed by atoms with Crippen LogP contribution in [-0.2, 0) is 13.0 Å². The molecule has 1 aliphatic heterocycles. The van der Waals surface area contributed by atoms with Crippen molar-refractivity contribution in [1.29, 1.82) is 0 Å². The van der Waals surface area contributed by atoms with Crippen LogP contribution in [0, 0.1) is 0 Å². The normalized spacial score (nSPS) is 13.8. The van der Waals surface area contributed by atoms with Gasteiger partial charge in [0.15, 0.2) is 0 Å². The Balaban J connectivity index is 1.72. The number of aliphatic hydroxyl groups is 1. The van der Waals surface area contributed by atoms with Crippen LogP contribution in [0.3, 0.4) is 0 Å². The molecule has 0 aliphatic carbocycles. The van der Waals surface area contributed by atoms with Crippen molar-refractivity contribution in [3.63, 3.8) is 0 Å². The molecule has 0 bridgehead atoms. The highest BCUT2D eigenvalue weighted by molar-refractivity contribution is 6.30. The number of hydrogen-bond acceptors (Lipinski definition) is 5. The smallest absolute Gasteiger partial charge is 0.134 e. The summed E-state index contributed by atoms with van der Waals surface area (Å²) in [5, 5.41) is 12.8. The standard InChI is InChI=1S/C16H19ClN4O/c17-14-3-2-13-10-21(6-4-12(13)8-14)16-9-15(19-11-20-16)18-5-1-7-22/h2-3,8-9,11,22H,1,4-7,10H2,(H,18,19,20). The molecule has 0 radical (unpaired) electrons. The number of nitrogens with zero attached hydrogens (tertiary/aromatic N) is 3. The number of aromatic nitrogens is 2. The molecule has 22 heavy (non-hydrogen) atoms. The largest absolute Gasteiger partial charge is 0.396 e. The first-order valence-electron chi connectivity index (χ1n) is 7.45. The molecule has 0 fully saturated rings. The summed E-state index contributed by atoms with van der Waals surface area (Å²) in [6, 6.07) is 8.03. The Kier molecular flexibility index (Phi) is 4.75. The molecule has 0 saturated heterocycles. The molecular formula is C16H19ClN4O. The summed E-state index contributed by atoms with van der Waals surface area (Å²) in [5.41, 5.74) is 2.61. The SMILES string of the molecule is OCCCNc1cc(N2CCc3cc(Cl)ccc3C2)ncn1. The maximum absolute atomic E-state index is 8.82. The highest BCUT2D eigenvalue weighted by Gasteiger charge is 2.18. The zero-order valence-electron chi connectivity index (χ0n) is 12.3. The summed E-state index contributed by atoms with van der Waals surface area (Å²) in [6.45, 7) is 2.63. The van der Waals surface area contributed by atoms with E-state index in [9.17, 15) is 0 Å². The third-order valence-electron chi connectivity index (χ3n) is 3.80. The lowest BCUT2D eigenvalue weighted by Gasteiger charge is -2.30. The second-order valence-electron chi connectivity index (χ2n) is 5.35. The van der Waals surface area contributed by atoms with Crippen LogP contribution < -0.4 is 10.2 Å². The summed E-state index contributed by atoms with van der Waals surface area (Å²) < 4.78 is 0. The fraction of sp³-hybridized carbons (Fsp3) is 0.375. The summed E-state index contributed by atoms with van der Waals surface area (Å²) in [7, 11) is 0. The second kappa shape index (κ2) is 6.94. The number of anilines is 2. The first kappa shape index (κ1) is 15.1. The summed E-state index contributed by atoms with van der Waals surface area (Å²) in [6.07, 6.45) is 3.25. The molecule has 2 heterocycles. The number of aliphatic hydroxyl groups excluding tert-OH is 1. The van der Waals surface area contributed by atoms with Crippen molar-refractivity contribution >= 4 is 23.2 Å². The first-order chi connectivity index (χ1) is 10.8. The molecular weight excluding hydrogens is 300 g/mol. The van der Waals surface area contributed by atoms with Gasteiger partial charge in [0.25, 0.3) is 0 Å². The van der Waals surface area contributed by atoms with Crippen LogP contribution in [0.2, 0.25) is 5.02 Å². The number of halogens is 1. The monoisotopic (exact) mass is 318 g/mol. The third-order valence-corrected chi connectivity index (χ3v) is 4.03. The lowest BCUT2D eigenvalue weighted by molar-refractivity contribution is 0.292. The Bertz CT molecular complexity index is 650. The molecule has 2 aromatic rings. The number of nitrogens with one attached hydrogen (secondary N) is 1. The Morgan fingerprint density at radius 1 is 1.23 bits per heavy atom.